The minimum absolute atomic E-state index is 0.0145. The van der Waals surface area contributed by atoms with E-state index < -0.39 is 10.0 Å². The van der Waals surface area contributed by atoms with Crippen LogP contribution in [-0.4, -0.2) is 66.5 Å². The molecule has 12 heteroatoms. The molecule has 2 N–H and O–H groups in total. The third-order valence-electron chi connectivity index (χ3n) is 7.48. The SMILES string of the molecule is CCc1cc(-c2ncc(NS(=O)(=O)c3ccccc3Cl)nc2OC)cc2cnc(N[C@H]3CC[C@H](N(C)C)CC3)nc12. The van der Waals surface area contributed by atoms with Crippen LogP contribution in [0.1, 0.15) is 38.2 Å². The first-order valence-electron chi connectivity index (χ1n) is 13.6. The van der Waals surface area contributed by atoms with Crippen LogP contribution in [-0.2, 0) is 16.4 Å². The maximum atomic E-state index is 12.9. The Bertz CT molecular complexity index is 1660. The molecule has 0 unspecified atom stereocenters. The fourth-order valence-electron chi connectivity index (χ4n) is 5.23. The molecule has 2 aromatic heterocycles. The number of anilines is 2. The van der Waals surface area contributed by atoms with Gasteiger partial charge < -0.3 is 15.0 Å². The van der Waals surface area contributed by atoms with Crippen LogP contribution in [0.4, 0.5) is 11.8 Å². The van der Waals surface area contributed by atoms with E-state index in [0.29, 0.717) is 23.7 Å². The van der Waals surface area contributed by atoms with E-state index >= 15 is 0 Å². The molecule has 1 fully saturated rings. The summed E-state index contributed by atoms with van der Waals surface area (Å²) in [6.45, 7) is 2.08. The van der Waals surface area contributed by atoms with Gasteiger partial charge in [0.1, 0.15) is 10.6 Å². The molecule has 1 aliphatic carbocycles. The Hall–Kier alpha value is -3.54. The fourth-order valence-corrected chi connectivity index (χ4v) is 6.74. The summed E-state index contributed by atoms with van der Waals surface area (Å²) in [5.74, 6) is 0.833. The molecule has 41 heavy (non-hydrogen) atoms. The van der Waals surface area contributed by atoms with Gasteiger partial charge in [-0.3, -0.25) is 4.72 Å². The highest BCUT2D eigenvalue weighted by atomic mass is 35.5. The van der Waals surface area contributed by atoms with Crippen molar-refractivity contribution in [3.05, 3.63) is 59.4 Å². The zero-order chi connectivity index (χ0) is 29.1. The van der Waals surface area contributed by atoms with Crippen LogP contribution in [0.2, 0.25) is 5.02 Å². The first-order chi connectivity index (χ1) is 19.7. The maximum Gasteiger partial charge on any atom is 0.264 e. The molecule has 1 aliphatic rings. The van der Waals surface area contributed by atoms with Gasteiger partial charge in [0.2, 0.25) is 11.8 Å². The van der Waals surface area contributed by atoms with Crippen LogP contribution in [0.15, 0.2) is 53.7 Å². The molecule has 1 saturated carbocycles. The Kier molecular flexibility index (Phi) is 8.58. The quantitative estimate of drug-likeness (QED) is 0.262. The number of halogens is 1. The first-order valence-corrected chi connectivity index (χ1v) is 15.5. The highest BCUT2D eigenvalue weighted by Gasteiger charge is 2.24. The molecule has 216 valence electrons. The van der Waals surface area contributed by atoms with Crippen LogP contribution in [0, 0.1) is 0 Å². The summed E-state index contributed by atoms with van der Waals surface area (Å²) < 4.78 is 33.7. The Labute approximate surface area is 245 Å². The highest BCUT2D eigenvalue weighted by Crippen LogP contribution is 2.33. The predicted octanol–water partition coefficient (Wildman–Crippen LogP) is 5.40. The molecule has 0 bridgehead atoms. The van der Waals surface area contributed by atoms with Crippen molar-refractivity contribution in [1.82, 2.24) is 24.8 Å². The zero-order valence-electron chi connectivity index (χ0n) is 23.6. The monoisotopic (exact) mass is 595 g/mol. The number of hydrogen-bond acceptors (Lipinski definition) is 9. The third-order valence-corrected chi connectivity index (χ3v) is 9.33. The van der Waals surface area contributed by atoms with E-state index in [9.17, 15) is 8.42 Å². The molecule has 0 radical (unpaired) electrons. The van der Waals surface area contributed by atoms with Gasteiger partial charge in [0.15, 0.2) is 5.82 Å². The van der Waals surface area contributed by atoms with Gasteiger partial charge in [-0.25, -0.2) is 23.4 Å². The van der Waals surface area contributed by atoms with Crippen LogP contribution < -0.4 is 14.8 Å². The smallest absolute Gasteiger partial charge is 0.264 e. The summed E-state index contributed by atoms with van der Waals surface area (Å²) in [4.78, 5) is 20.6. The Morgan fingerprint density at radius 2 is 1.80 bits per heavy atom. The van der Waals surface area contributed by atoms with Crippen molar-refractivity contribution >= 4 is 44.3 Å². The lowest BCUT2D eigenvalue weighted by Gasteiger charge is -2.32. The number of benzene rings is 2. The van der Waals surface area contributed by atoms with E-state index in [2.05, 4.69) is 50.9 Å². The average molecular weight is 596 g/mol. The first kappa shape index (κ1) is 29.0. The van der Waals surface area contributed by atoms with Gasteiger partial charge in [0.25, 0.3) is 10.0 Å². The lowest BCUT2D eigenvalue weighted by molar-refractivity contribution is 0.221. The van der Waals surface area contributed by atoms with E-state index in [-0.39, 0.29) is 21.6 Å². The summed E-state index contributed by atoms with van der Waals surface area (Å²) in [6, 6.07) is 11.1. The molecule has 0 saturated heterocycles. The molecular weight excluding hydrogens is 562 g/mol. The number of sulfonamides is 1. The number of fused-ring (bicyclic) bond motifs is 1. The number of rotatable bonds is 9. The Morgan fingerprint density at radius 1 is 1.05 bits per heavy atom. The van der Waals surface area contributed by atoms with E-state index in [1.54, 1.807) is 12.1 Å². The van der Waals surface area contributed by atoms with Crippen LogP contribution in [0.25, 0.3) is 22.2 Å². The number of aromatic nitrogens is 4. The second kappa shape index (κ2) is 12.1. The maximum absolute atomic E-state index is 12.9. The van der Waals surface area contributed by atoms with E-state index in [1.807, 2.05) is 18.3 Å². The van der Waals surface area contributed by atoms with E-state index in [4.69, 9.17) is 21.3 Å². The topological polar surface area (TPSA) is 122 Å². The summed E-state index contributed by atoms with van der Waals surface area (Å²) >= 11 is 6.09. The lowest BCUT2D eigenvalue weighted by atomic mass is 9.90. The normalized spacial score (nSPS) is 17.5. The Balaban J connectivity index is 1.40. The van der Waals surface area contributed by atoms with Crippen molar-refractivity contribution < 1.29 is 13.2 Å². The minimum atomic E-state index is -3.97. The minimum Gasteiger partial charge on any atom is -0.479 e. The number of methoxy groups -OCH3 is 1. The molecule has 2 heterocycles. The molecule has 5 rings (SSSR count). The van der Waals surface area contributed by atoms with Crippen molar-refractivity contribution in [2.45, 2.75) is 56.0 Å². The van der Waals surface area contributed by atoms with Crippen LogP contribution in [0.3, 0.4) is 0 Å². The lowest BCUT2D eigenvalue weighted by Crippen LogP contribution is -2.36. The van der Waals surface area contributed by atoms with E-state index in [1.165, 1.54) is 25.4 Å². The highest BCUT2D eigenvalue weighted by molar-refractivity contribution is 7.92. The number of nitrogens with zero attached hydrogens (tertiary/aromatic N) is 5. The summed E-state index contributed by atoms with van der Waals surface area (Å²) in [5, 5.41) is 4.52. The molecular formula is C29H34ClN7O3S. The van der Waals surface area contributed by atoms with Gasteiger partial charge in [-0.2, -0.15) is 4.98 Å². The van der Waals surface area contributed by atoms with Crippen molar-refractivity contribution in [2.24, 2.45) is 0 Å². The third kappa shape index (κ3) is 6.37. The molecule has 4 aromatic rings. The number of nitrogens with one attached hydrogen (secondary N) is 2. The molecule has 0 spiro atoms. The molecule has 10 nitrogen and oxygen atoms in total. The summed E-state index contributed by atoms with van der Waals surface area (Å²) in [6.07, 6.45) is 8.43. The molecule has 0 amide bonds. The van der Waals surface area contributed by atoms with E-state index in [0.717, 1.165) is 54.1 Å². The Morgan fingerprint density at radius 3 is 2.49 bits per heavy atom. The summed E-state index contributed by atoms with van der Waals surface area (Å²) in [7, 11) is 1.78. The van der Waals surface area contributed by atoms with Crippen LogP contribution in [0.5, 0.6) is 5.88 Å². The second-order valence-corrected chi connectivity index (χ2v) is 12.4. The van der Waals surface area contributed by atoms with Gasteiger partial charge >= 0.3 is 0 Å². The average Bonchev–Trinajstić information content (AvgIpc) is 2.96. The zero-order valence-corrected chi connectivity index (χ0v) is 25.1. The van der Waals surface area contributed by atoms with Gasteiger partial charge in [-0.05, 0) is 76.0 Å². The number of ether oxygens (including phenoxy) is 1. The largest absolute Gasteiger partial charge is 0.479 e. The number of hydrogen-bond donors (Lipinski definition) is 2. The van der Waals surface area contributed by atoms with Crippen molar-refractivity contribution in [2.75, 3.05) is 31.2 Å². The van der Waals surface area contributed by atoms with Gasteiger partial charge in [-0.1, -0.05) is 30.7 Å². The second-order valence-electron chi connectivity index (χ2n) is 10.4. The molecule has 0 atom stereocenters. The molecule has 2 aromatic carbocycles. The standard InChI is InChI=1S/C29H34ClN7O3S/c1-5-18-14-19(15-20-16-32-29(35-26(18)20)33-21-10-12-22(13-11-21)37(2)3)27-28(40-4)34-25(17-31-27)36-41(38,39)24-9-7-6-8-23(24)30/h6-9,14-17,21-22H,5,10-13H2,1-4H3,(H,34,36)(H,32,33,35)/t21-,22-. The van der Waals surface area contributed by atoms with Gasteiger partial charge in [0, 0.05) is 29.2 Å². The van der Waals surface area contributed by atoms with Crippen molar-refractivity contribution in [1.29, 1.82) is 0 Å². The van der Waals surface area contributed by atoms with Gasteiger partial charge in [-0.15, -0.1) is 0 Å². The van der Waals surface area contributed by atoms with Crippen LogP contribution >= 0.6 is 11.6 Å². The molecule has 0 aliphatic heterocycles. The fraction of sp³-hybridized carbons (Fsp3) is 0.379. The van der Waals surface area contributed by atoms with Gasteiger partial charge in [0.05, 0.1) is 23.8 Å². The predicted molar refractivity (Wildman–Crippen MR) is 162 cm³/mol. The van der Waals surface area contributed by atoms with Crippen molar-refractivity contribution in [3.8, 4) is 17.1 Å². The van der Waals surface area contributed by atoms with Crippen molar-refractivity contribution in [3.63, 3.8) is 0 Å². The number of aryl methyl sites for hydroxylation is 1. The summed E-state index contributed by atoms with van der Waals surface area (Å²) in [5.41, 5.74) is 3.16.